The summed E-state index contributed by atoms with van der Waals surface area (Å²) in [5.74, 6) is -3.31. The molecule has 98 valence electrons. The minimum absolute atomic E-state index is 0.0929. The molecule has 5 nitrogen and oxygen atoms in total. The monoisotopic (exact) mass is 327 g/mol. The molecule has 0 aliphatic carbocycles. The summed E-state index contributed by atoms with van der Waals surface area (Å²) in [4.78, 5) is 34.8. The predicted molar refractivity (Wildman–Crippen MR) is 67.6 cm³/mol. The van der Waals surface area contributed by atoms with Crippen molar-refractivity contribution >= 4 is 39.3 Å². The van der Waals surface area contributed by atoms with Crippen molar-refractivity contribution in [3.63, 3.8) is 0 Å². The first-order chi connectivity index (χ1) is 8.91. The minimum Gasteiger partial charge on any atom is -0.478 e. The van der Waals surface area contributed by atoms with E-state index in [1.807, 2.05) is 0 Å². The van der Waals surface area contributed by atoms with Gasteiger partial charge in [-0.15, -0.1) is 0 Å². The van der Waals surface area contributed by atoms with Gasteiger partial charge < -0.3 is 10.0 Å². The summed E-state index contributed by atoms with van der Waals surface area (Å²) in [7, 11) is 0. The second-order valence-electron chi connectivity index (χ2n) is 3.77. The van der Waals surface area contributed by atoms with Gasteiger partial charge in [-0.25, -0.2) is 9.18 Å². The second-order valence-corrected chi connectivity index (χ2v) is 4.62. The van der Waals surface area contributed by atoms with Crippen molar-refractivity contribution in [1.82, 2.24) is 0 Å². The van der Waals surface area contributed by atoms with E-state index in [0.29, 0.717) is 0 Å². The highest BCUT2D eigenvalue weighted by Gasteiger charge is 2.36. The maximum Gasteiger partial charge on any atom is 0.328 e. The number of hydrogen-bond donors (Lipinski definition) is 1. The third-order valence-electron chi connectivity index (χ3n) is 2.56. The lowest BCUT2D eigenvalue weighted by Gasteiger charge is -2.13. The highest BCUT2D eigenvalue weighted by Crippen LogP contribution is 2.33. The Hall–Kier alpha value is -2.02. The number of fused-ring (bicyclic) bond motifs is 1. The standard InChI is InChI=1S/C12H7BrFNO4/c13-7-4-6-9(5-8(7)14)15(12(19)11(6)18)3-1-2-10(16)17/h1-2,4-5H,3H2,(H,16,17). The maximum atomic E-state index is 13.4. The number of carbonyl (C=O) groups is 3. The van der Waals surface area contributed by atoms with E-state index in [9.17, 15) is 18.8 Å². The van der Waals surface area contributed by atoms with Crippen molar-refractivity contribution in [2.75, 3.05) is 11.4 Å². The molecule has 0 atom stereocenters. The normalized spacial score (nSPS) is 14.3. The zero-order chi connectivity index (χ0) is 14.2. The molecule has 1 aliphatic heterocycles. The molecule has 0 spiro atoms. The van der Waals surface area contributed by atoms with E-state index in [1.165, 1.54) is 12.1 Å². The molecule has 1 heterocycles. The van der Waals surface area contributed by atoms with Crippen LogP contribution in [0.25, 0.3) is 0 Å². The van der Waals surface area contributed by atoms with Gasteiger partial charge in [0.15, 0.2) is 0 Å². The molecule has 0 saturated heterocycles. The van der Waals surface area contributed by atoms with Crippen LogP contribution < -0.4 is 4.90 Å². The fourth-order valence-electron chi connectivity index (χ4n) is 1.73. The number of hydrogen-bond acceptors (Lipinski definition) is 3. The van der Waals surface area contributed by atoms with Gasteiger partial charge in [-0.1, -0.05) is 6.08 Å². The number of amides is 1. The molecule has 19 heavy (non-hydrogen) atoms. The molecule has 7 heteroatoms. The van der Waals surface area contributed by atoms with Crippen LogP contribution in [0.1, 0.15) is 10.4 Å². The molecule has 0 radical (unpaired) electrons. The lowest BCUT2D eigenvalue weighted by atomic mass is 10.1. The first-order valence-electron chi connectivity index (χ1n) is 5.16. The van der Waals surface area contributed by atoms with Gasteiger partial charge in [-0.3, -0.25) is 9.59 Å². The third kappa shape index (κ3) is 2.41. The van der Waals surface area contributed by atoms with Crippen LogP contribution in [0.15, 0.2) is 28.8 Å². The van der Waals surface area contributed by atoms with Gasteiger partial charge in [-0.2, -0.15) is 0 Å². The number of rotatable bonds is 3. The smallest absolute Gasteiger partial charge is 0.328 e. The maximum absolute atomic E-state index is 13.4. The van der Waals surface area contributed by atoms with Gasteiger partial charge in [0.2, 0.25) is 0 Å². The quantitative estimate of drug-likeness (QED) is 0.678. The largest absolute Gasteiger partial charge is 0.478 e. The fraction of sp³-hybridized carbons (Fsp3) is 0.0833. The van der Waals surface area contributed by atoms with E-state index >= 15 is 0 Å². The van der Waals surface area contributed by atoms with Gasteiger partial charge in [0.1, 0.15) is 5.82 Å². The van der Waals surface area contributed by atoms with Gasteiger partial charge in [0.25, 0.3) is 11.7 Å². The lowest BCUT2D eigenvalue weighted by molar-refractivity contribution is -0.131. The molecule has 2 rings (SSSR count). The van der Waals surface area contributed by atoms with Gasteiger partial charge in [-0.05, 0) is 28.1 Å². The Balaban J connectivity index is 2.38. The highest BCUT2D eigenvalue weighted by atomic mass is 79.9. The SMILES string of the molecule is O=C(O)C=CCN1C(=O)C(=O)c2cc(Br)c(F)cc21. The zero-order valence-corrected chi connectivity index (χ0v) is 11.0. The topological polar surface area (TPSA) is 74.7 Å². The van der Waals surface area contributed by atoms with Crippen molar-refractivity contribution in [3.05, 3.63) is 40.1 Å². The van der Waals surface area contributed by atoms with Crippen LogP contribution in [0.2, 0.25) is 0 Å². The first kappa shape index (κ1) is 13.4. The van der Waals surface area contributed by atoms with Crippen LogP contribution in [-0.4, -0.2) is 29.3 Å². The lowest BCUT2D eigenvalue weighted by Crippen LogP contribution is -2.29. The molecule has 1 aliphatic rings. The van der Waals surface area contributed by atoms with Crippen LogP contribution >= 0.6 is 15.9 Å². The van der Waals surface area contributed by atoms with Crippen molar-refractivity contribution < 1.29 is 23.9 Å². The van der Waals surface area contributed by atoms with E-state index in [4.69, 9.17) is 5.11 Å². The summed E-state index contributed by atoms with van der Waals surface area (Å²) in [6.45, 7) is -0.106. The van der Waals surface area contributed by atoms with Crippen LogP contribution in [0.4, 0.5) is 10.1 Å². The molecular formula is C12H7BrFNO4. The van der Waals surface area contributed by atoms with Crippen LogP contribution in [0.5, 0.6) is 0 Å². The van der Waals surface area contributed by atoms with Gasteiger partial charge in [0, 0.05) is 12.6 Å². The number of carboxylic acids is 1. The number of nitrogens with zero attached hydrogens (tertiary/aromatic N) is 1. The van der Waals surface area contributed by atoms with Crippen molar-refractivity contribution in [3.8, 4) is 0 Å². The minimum atomic E-state index is -1.17. The van der Waals surface area contributed by atoms with Crippen molar-refractivity contribution in [2.24, 2.45) is 0 Å². The fourth-order valence-corrected chi connectivity index (χ4v) is 2.07. The molecule has 1 aromatic rings. The average molecular weight is 328 g/mol. The predicted octanol–water partition coefficient (Wildman–Crippen LogP) is 1.76. The molecule has 0 saturated carbocycles. The molecular weight excluding hydrogens is 321 g/mol. The Labute approximate surface area is 115 Å². The van der Waals surface area contributed by atoms with Crippen molar-refractivity contribution in [1.29, 1.82) is 0 Å². The second kappa shape index (κ2) is 4.93. The number of halogens is 2. The molecule has 0 fully saturated rings. The van der Waals surface area contributed by atoms with E-state index in [-0.39, 0.29) is 22.3 Å². The number of benzene rings is 1. The van der Waals surface area contributed by atoms with E-state index in [2.05, 4.69) is 15.9 Å². The Kier molecular flexibility index (Phi) is 3.48. The molecule has 0 aromatic heterocycles. The molecule has 1 N–H and O–H groups in total. The van der Waals surface area contributed by atoms with Gasteiger partial charge >= 0.3 is 5.97 Å². The Morgan fingerprint density at radius 2 is 2.11 bits per heavy atom. The Bertz CT molecular complexity index is 626. The molecule has 0 bridgehead atoms. The van der Waals surface area contributed by atoms with Gasteiger partial charge in [0.05, 0.1) is 15.7 Å². The molecule has 1 aromatic carbocycles. The number of carboxylic acid groups (broad SMARTS) is 1. The summed E-state index contributed by atoms with van der Waals surface area (Å²) >= 11 is 2.94. The van der Waals surface area contributed by atoms with Crippen LogP contribution in [0.3, 0.4) is 0 Å². The molecule has 1 amide bonds. The summed E-state index contributed by atoms with van der Waals surface area (Å²) in [5.41, 5.74) is 0.243. The van der Waals surface area contributed by atoms with E-state index < -0.39 is 23.5 Å². The van der Waals surface area contributed by atoms with E-state index in [0.717, 1.165) is 17.0 Å². The third-order valence-corrected chi connectivity index (χ3v) is 3.17. The summed E-state index contributed by atoms with van der Waals surface area (Å²) in [6.07, 6.45) is 2.06. The summed E-state index contributed by atoms with van der Waals surface area (Å²) < 4.78 is 13.5. The first-order valence-corrected chi connectivity index (χ1v) is 5.96. The number of anilines is 1. The number of carbonyl (C=O) groups excluding carboxylic acids is 2. The number of ketones is 1. The highest BCUT2D eigenvalue weighted by molar-refractivity contribution is 9.10. The van der Waals surface area contributed by atoms with Crippen LogP contribution in [-0.2, 0) is 9.59 Å². The summed E-state index contributed by atoms with van der Waals surface area (Å²) in [5, 5.41) is 8.46. The summed E-state index contributed by atoms with van der Waals surface area (Å²) in [6, 6.07) is 2.31. The molecule has 0 unspecified atom stereocenters. The zero-order valence-electron chi connectivity index (χ0n) is 9.39. The van der Waals surface area contributed by atoms with Crippen molar-refractivity contribution in [2.45, 2.75) is 0 Å². The number of aliphatic carboxylic acids is 1. The Morgan fingerprint density at radius 1 is 1.42 bits per heavy atom. The van der Waals surface area contributed by atoms with E-state index in [1.54, 1.807) is 0 Å². The number of Topliss-reactive ketones (excluding diaryl/α,β-unsaturated/α-hetero) is 1. The van der Waals surface area contributed by atoms with Crippen LogP contribution in [0, 0.1) is 5.82 Å². The Morgan fingerprint density at radius 3 is 2.74 bits per heavy atom. The average Bonchev–Trinajstić information content (AvgIpc) is 2.55.